The van der Waals surface area contributed by atoms with Crippen LogP contribution in [-0.2, 0) is 20.7 Å². The highest BCUT2D eigenvalue weighted by Crippen LogP contribution is 2.26. The molecule has 27 heavy (non-hydrogen) atoms. The molecule has 0 spiro atoms. The van der Waals surface area contributed by atoms with Crippen LogP contribution in [0.4, 0.5) is 0 Å². The van der Waals surface area contributed by atoms with Crippen LogP contribution in [0.15, 0.2) is 6.07 Å². The number of nitrogens with one attached hydrogen (secondary N) is 1. The second-order valence-corrected chi connectivity index (χ2v) is 7.61. The molecule has 0 bridgehead atoms. The van der Waals surface area contributed by atoms with Gasteiger partial charge in [0.1, 0.15) is 6.61 Å². The number of nitrogens with zero attached hydrogens (tertiary/aromatic N) is 3. The Morgan fingerprint density at radius 1 is 1.30 bits per heavy atom. The van der Waals surface area contributed by atoms with Gasteiger partial charge < -0.3 is 19.6 Å². The highest BCUT2D eigenvalue weighted by atomic mass is 16.5. The summed E-state index contributed by atoms with van der Waals surface area (Å²) in [5.41, 5.74) is 1.92. The average Bonchev–Trinajstić information content (AvgIpc) is 3.25. The summed E-state index contributed by atoms with van der Waals surface area (Å²) in [4.78, 5) is 28.4. The van der Waals surface area contributed by atoms with Gasteiger partial charge in [0.15, 0.2) is 0 Å². The minimum Gasteiger partial charge on any atom is -0.391 e. The third kappa shape index (κ3) is 4.87. The molecular weight excluding hydrogens is 348 g/mol. The van der Waals surface area contributed by atoms with Crippen LogP contribution < -0.4 is 0 Å². The monoisotopic (exact) mass is 378 g/mol. The van der Waals surface area contributed by atoms with Crippen LogP contribution in [0, 0.1) is 18.8 Å². The minimum atomic E-state index is -0.515. The first-order valence-corrected chi connectivity index (χ1v) is 9.81. The maximum absolute atomic E-state index is 12.9. The van der Waals surface area contributed by atoms with E-state index in [0.29, 0.717) is 52.0 Å². The number of rotatable bonds is 6. The van der Waals surface area contributed by atoms with Crippen molar-refractivity contribution in [1.82, 2.24) is 20.0 Å². The molecule has 2 N–H and O–H groups in total. The van der Waals surface area contributed by atoms with Gasteiger partial charge in [0.2, 0.25) is 11.8 Å². The lowest BCUT2D eigenvalue weighted by atomic mass is 9.95. The lowest BCUT2D eigenvalue weighted by molar-refractivity contribution is -0.142. The molecule has 8 heteroatoms. The summed E-state index contributed by atoms with van der Waals surface area (Å²) < 4.78 is 5.18. The third-order valence-electron chi connectivity index (χ3n) is 5.58. The van der Waals surface area contributed by atoms with Gasteiger partial charge in [-0.3, -0.25) is 14.7 Å². The zero-order chi connectivity index (χ0) is 19.4. The third-order valence-corrected chi connectivity index (χ3v) is 5.58. The number of carbonyl (C=O) groups is 2. The van der Waals surface area contributed by atoms with Crippen molar-refractivity contribution in [1.29, 1.82) is 0 Å². The first-order valence-electron chi connectivity index (χ1n) is 9.81. The highest BCUT2D eigenvalue weighted by molar-refractivity contribution is 5.81. The zero-order valence-electron chi connectivity index (χ0n) is 16.2. The van der Waals surface area contributed by atoms with Gasteiger partial charge in [-0.25, -0.2) is 0 Å². The Kier molecular flexibility index (Phi) is 6.49. The number of aryl methyl sites for hydroxylation is 1. The van der Waals surface area contributed by atoms with Gasteiger partial charge in [-0.1, -0.05) is 0 Å². The molecule has 3 rings (SSSR count). The number of β-amino-alcohol motifs (C(OH)–C–C–N with tert-alkyl or cyclic N) is 1. The normalized spacial score (nSPS) is 23.8. The predicted octanol–water partition coefficient (Wildman–Crippen LogP) is 0.355. The number of H-pyrrole nitrogens is 1. The predicted molar refractivity (Wildman–Crippen MR) is 98.9 cm³/mol. The zero-order valence-corrected chi connectivity index (χ0v) is 16.2. The lowest BCUT2D eigenvalue weighted by Gasteiger charge is -2.33. The van der Waals surface area contributed by atoms with E-state index in [0.717, 1.165) is 11.4 Å². The fraction of sp³-hybridized carbons (Fsp3) is 0.737. The maximum atomic E-state index is 12.9. The van der Waals surface area contributed by atoms with E-state index in [1.807, 2.05) is 19.9 Å². The molecule has 1 aromatic heterocycles. The molecule has 0 saturated carbocycles. The van der Waals surface area contributed by atoms with Crippen molar-refractivity contribution < 1.29 is 19.4 Å². The van der Waals surface area contributed by atoms with Crippen LogP contribution in [-0.4, -0.2) is 82.4 Å². The SMILES string of the molecule is CCOCC(=O)N1CCC(C(=O)N2C[C@@H](Cc3cc(C)[nH]n3)[C@@H](O)C2)CC1. The van der Waals surface area contributed by atoms with E-state index in [1.54, 1.807) is 9.80 Å². The van der Waals surface area contributed by atoms with Crippen molar-refractivity contribution in [2.45, 2.75) is 39.2 Å². The van der Waals surface area contributed by atoms with Crippen LogP contribution in [0.2, 0.25) is 0 Å². The summed E-state index contributed by atoms with van der Waals surface area (Å²) in [7, 11) is 0. The lowest BCUT2D eigenvalue weighted by Crippen LogP contribution is -2.45. The second kappa shape index (κ2) is 8.84. The molecule has 0 radical (unpaired) electrons. The van der Waals surface area contributed by atoms with Gasteiger partial charge in [0.05, 0.1) is 11.8 Å². The molecule has 2 fully saturated rings. The summed E-state index contributed by atoms with van der Waals surface area (Å²) in [6.45, 7) is 6.58. The van der Waals surface area contributed by atoms with Crippen LogP contribution in [0.3, 0.4) is 0 Å². The fourth-order valence-corrected chi connectivity index (χ4v) is 4.00. The van der Waals surface area contributed by atoms with E-state index in [-0.39, 0.29) is 30.3 Å². The number of amides is 2. The number of hydrogen-bond donors (Lipinski definition) is 2. The van der Waals surface area contributed by atoms with E-state index in [9.17, 15) is 14.7 Å². The van der Waals surface area contributed by atoms with Crippen molar-refractivity contribution in [3.05, 3.63) is 17.5 Å². The quantitative estimate of drug-likeness (QED) is 0.744. The number of aromatic nitrogens is 2. The van der Waals surface area contributed by atoms with Crippen LogP contribution in [0.5, 0.6) is 0 Å². The van der Waals surface area contributed by atoms with Gasteiger partial charge in [-0.15, -0.1) is 0 Å². The second-order valence-electron chi connectivity index (χ2n) is 7.61. The molecule has 150 valence electrons. The number of piperidine rings is 1. The molecular formula is C19H30N4O4. The molecule has 2 aliphatic rings. The van der Waals surface area contributed by atoms with Crippen LogP contribution >= 0.6 is 0 Å². The first-order chi connectivity index (χ1) is 13.0. The van der Waals surface area contributed by atoms with Gasteiger partial charge in [-0.05, 0) is 39.2 Å². The molecule has 2 atom stereocenters. The van der Waals surface area contributed by atoms with Crippen molar-refractivity contribution in [2.75, 3.05) is 39.4 Å². The number of aliphatic hydroxyl groups excluding tert-OH is 1. The van der Waals surface area contributed by atoms with E-state index >= 15 is 0 Å². The Morgan fingerprint density at radius 3 is 2.67 bits per heavy atom. The minimum absolute atomic E-state index is 0.00583. The summed E-state index contributed by atoms with van der Waals surface area (Å²) >= 11 is 0. The van der Waals surface area contributed by atoms with Crippen LogP contribution in [0.25, 0.3) is 0 Å². The molecule has 2 amide bonds. The Hall–Kier alpha value is -1.93. The topological polar surface area (TPSA) is 98.8 Å². The highest BCUT2D eigenvalue weighted by Gasteiger charge is 2.38. The van der Waals surface area contributed by atoms with Gasteiger partial charge in [0.25, 0.3) is 0 Å². The number of aromatic amines is 1. The molecule has 2 aliphatic heterocycles. The van der Waals surface area contributed by atoms with Gasteiger partial charge in [0, 0.05) is 50.3 Å². The van der Waals surface area contributed by atoms with Gasteiger partial charge in [-0.2, -0.15) is 5.10 Å². The van der Waals surface area contributed by atoms with Crippen molar-refractivity contribution in [3.63, 3.8) is 0 Å². The molecule has 1 aromatic rings. The fourth-order valence-electron chi connectivity index (χ4n) is 4.00. The first kappa shape index (κ1) is 19.8. The Labute approximate surface area is 159 Å². The summed E-state index contributed by atoms with van der Waals surface area (Å²) in [6, 6.07) is 1.98. The Balaban J connectivity index is 1.48. The smallest absolute Gasteiger partial charge is 0.248 e. The number of ether oxygens (including phenoxy) is 1. The van der Waals surface area contributed by atoms with Crippen molar-refractivity contribution in [3.8, 4) is 0 Å². The van der Waals surface area contributed by atoms with E-state index in [2.05, 4.69) is 10.2 Å². The number of carbonyl (C=O) groups excluding carboxylic acids is 2. The molecule has 8 nitrogen and oxygen atoms in total. The molecule has 0 aromatic carbocycles. The molecule has 0 unspecified atom stereocenters. The summed E-state index contributed by atoms with van der Waals surface area (Å²) in [5, 5.41) is 17.5. The van der Waals surface area contributed by atoms with Gasteiger partial charge >= 0.3 is 0 Å². The van der Waals surface area contributed by atoms with E-state index in [1.165, 1.54) is 0 Å². The van der Waals surface area contributed by atoms with Crippen molar-refractivity contribution >= 4 is 11.8 Å². The Bertz CT molecular complexity index is 654. The molecule has 3 heterocycles. The summed E-state index contributed by atoms with van der Waals surface area (Å²) in [6.07, 6.45) is 1.50. The maximum Gasteiger partial charge on any atom is 0.248 e. The molecule has 2 saturated heterocycles. The van der Waals surface area contributed by atoms with E-state index in [4.69, 9.17) is 4.74 Å². The van der Waals surface area contributed by atoms with Crippen molar-refractivity contribution in [2.24, 2.45) is 11.8 Å². The average molecular weight is 378 g/mol. The molecule has 0 aliphatic carbocycles. The number of hydrogen-bond acceptors (Lipinski definition) is 5. The standard InChI is InChI=1S/C19H30N4O4/c1-3-27-12-18(25)22-6-4-14(5-7-22)19(26)23-10-15(17(24)11-23)9-16-8-13(2)20-21-16/h8,14-15,17,24H,3-7,9-12H2,1-2H3,(H,20,21)/t15-,17+/m1/s1. The van der Waals surface area contributed by atoms with Crippen LogP contribution in [0.1, 0.15) is 31.2 Å². The number of likely N-dealkylation sites (tertiary alicyclic amines) is 2. The summed E-state index contributed by atoms with van der Waals surface area (Å²) in [5.74, 6) is 0.0459. The number of aliphatic hydroxyl groups is 1. The largest absolute Gasteiger partial charge is 0.391 e. The Morgan fingerprint density at radius 2 is 2.04 bits per heavy atom. The van der Waals surface area contributed by atoms with E-state index < -0.39 is 6.10 Å².